The van der Waals surface area contributed by atoms with Crippen molar-refractivity contribution in [2.24, 2.45) is 11.7 Å². The Labute approximate surface area is 127 Å². The molecule has 0 heterocycles. The van der Waals surface area contributed by atoms with Crippen molar-refractivity contribution in [2.75, 3.05) is 0 Å². The quantitative estimate of drug-likeness (QED) is 0.904. The van der Waals surface area contributed by atoms with Gasteiger partial charge in [0.05, 0.1) is 5.54 Å². The molecule has 2 saturated carbocycles. The van der Waals surface area contributed by atoms with Gasteiger partial charge in [-0.2, -0.15) is 0 Å². The molecule has 1 aromatic rings. The Balaban J connectivity index is 1.80. The van der Waals surface area contributed by atoms with Gasteiger partial charge in [0.2, 0.25) is 5.91 Å². The highest BCUT2D eigenvalue weighted by atomic mass is 16.2. The van der Waals surface area contributed by atoms with E-state index in [1.165, 1.54) is 18.4 Å². The molecule has 0 saturated heterocycles. The van der Waals surface area contributed by atoms with Crippen molar-refractivity contribution in [1.29, 1.82) is 0 Å². The first-order valence-corrected chi connectivity index (χ1v) is 8.24. The molecule has 114 valence electrons. The molecule has 2 aliphatic carbocycles. The highest BCUT2D eigenvalue weighted by molar-refractivity contribution is 5.86. The van der Waals surface area contributed by atoms with E-state index in [-0.39, 0.29) is 5.91 Å². The number of benzene rings is 1. The van der Waals surface area contributed by atoms with Gasteiger partial charge in [0.1, 0.15) is 0 Å². The molecular weight excluding hydrogens is 260 g/mol. The molecule has 3 heteroatoms. The van der Waals surface area contributed by atoms with E-state index in [4.69, 9.17) is 5.73 Å². The maximum atomic E-state index is 13.0. The van der Waals surface area contributed by atoms with Gasteiger partial charge in [0, 0.05) is 12.6 Å². The predicted molar refractivity (Wildman–Crippen MR) is 84.6 cm³/mol. The number of nitrogens with two attached hydrogens (primary N) is 1. The first kappa shape index (κ1) is 14.6. The van der Waals surface area contributed by atoms with E-state index in [2.05, 4.69) is 24.0 Å². The third-order valence-electron chi connectivity index (χ3n) is 5.17. The highest BCUT2D eigenvalue weighted by Crippen LogP contribution is 2.38. The first-order valence-electron chi connectivity index (χ1n) is 8.24. The van der Waals surface area contributed by atoms with Crippen LogP contribution in [0.4, 0.5) is 0 Å². The Hall–Kier alpha value is -1.35. The molecule has 21 heavy (non-hydrogen) atoms. The third kappa shape index (κ3) is 3.13. The number of nitrogens with zero attached hydrogens (tertiary/aromatic N) is 1. The van der Waals surface area contributed by atoms with Gasteiger partial charge in [0.15, 0.2) is 0 Å². The Morgan fingerprint density at radius 3 is 2.48 bits per heavy atom. The van der Waals surface area contributed by atoms with Gasteiger partial charge < -0.3 is 10.6 Å². The van der Waals surface area contributed by atoms with Crippen molar-refractivity contribution in [2.45, 2.75) is 63.6 Å². The van der Waals surface area contributed by atoms with Gasteiger partial charge in [0.25, 0.3) is 0 Å². The maximum absolute atomic E-state index is 13.0. The number of carbonyl (C=O) groups excluding carboxylic acids is 1. The molecule has 1 aromatic carbocycles. The summed E-state index contributed by atoms with van der Waals surface area (Å²) in [5, 5.41) is 0. The van der Waals surface area contributed by atoms with Crippen LogP contribution in [0.15, 0.2) is 30.3 Å². The molecule has 0 bridgehead atoms. The number of rotatable bonds is 5. The topological polar surface area (TPSA) is 46.3 Å². The summed E-state index contributed by atoms with van der Waals surface area (Å²) < 4.78 is 0. The zero-order valence-corrected chi connectivity index (χ0v) is 12.9. The summed E-state index contributed by atoms with van der Waals surface area (Å²) in [5.41, 5.74) is 7.01. The summed E-state index contributed by atoms with van der Waals surface area (Å²) in [4.78, 5) is 15.1. The van der Waals surface area contributed by atoms with Crippen LogP contribution in [0.25, 0.3) is 0 Å². The molecule has 0 spiro atoms. The molecule has 2 N–H and O–H groups in total. The molecular formula is C18H26N2O. The van der Waals surface area contributed by atoms with E-state index in [9.17, 15) is 4.79 Å². The largest absolute Gasteiger partial charge is 0.334 e. The third-order valence-corrected chi connectivity index (χ3v) is 5.17. The minimum absolute atomic E-state index is 0.170. The normalized spacial score (nSPS) is 22.0. The van der Waals surface area contributed by atoms with Crippen LogP contribution >= 0.6 is 0 Å². The lowest BCUT2D eigenvalue weighted by molar-refractivity contribution is -0.140. The van der Waals surface area contributed by atoms with Crippen LogP contribution in [0, 0.1) is 5.92 Å². The van der Waals surface area contributed by atoms with Crippen molar-refractivity contribution in [3.63, 3.8) is 0 Å². The fourth-order valence-electron chi connectivity index (χ4n) is 3.52. The summed E-state index contributed by atoms with van der Waals surface area (Å²) in [6, 6.07) is 10.6. The lowest BCUT2D eigenvalue weighted by atomic mass is 9.95. The van der Waals surface area contributed by atoms with E-state index in [0.29, 0.717) is 18.5 Å². The average Bonchev–Trinajstić information content (AvgIpc) is 3.26. The molecule has 3 nitrogen and oxygen atoms in total. The van der Waals surface area contributed by atoms with Crippen molar-refractivity contribution in [3.05, 3.63) is 35.9 Å². The molecule has 2 fully saturated rings. The van der Waals surface area contributed by atoms with Crippen LogP contribution in [-0.4, -0.2) is 22.4 Å². The summed E-state index contributed by atoms with van der Waals surface area (Å²) in [7, 11) is 0. The molecule has 0 aliphatic heterocycles. The second kappa shape index (κ2) is 5.80. The smallest absolute Gasteiger partial charge is 0.243 e. The van der Waals surface area contributed by atoms with Gasteiger partial charge in [-0.05, 0) is 44.1 Å². The maximum Gasteiger partial charge on any atom is 0.243 e. The summed E-state index contributed by atoms with van der Waals surface area (Å²) in [6.07, 6.45) is 6.34. The molecule has 1 atom stereocenters. The lowest BCUT2D eigenvalue weighted by Crippen LogP contribution is -2.56. The minimum Gasteiger partial charge on any atom is -0.334 e. The fraction of sp³-hybridized carbons (Fsp3) is 0.611. The molecule has 1 unspecified atom stereocenters. The van der Waals surface area contributed by atoms with E-state index in [0.717, 1.165) is 25.7 Å². The summed E-state index contributed by atoms with van der Waals surface area (Å²) in [6.45, 7) is 2.88. The monoisotopic (exact) mass is 286 g/mol. The van der Waals surface area contributed by atoms with Crippen LogP contribution in [-0.2, 0) is 11.3 Å². The summed E-state index contributed by atoms with van der Waals surface area (Å²) in [5.74, 6) is 0.839. The van der Waals surface area contributed by atoms with Gasteiger partial charge in [-0.1, -0.05) is 43.2 Å². The van der Waals surface area contributed by atoms with E-state index in [1.807, 2.05) is 18.2 Å². The van der Waals surface area contributed by atoms with E-state index in [1.54, 1.807) is 0 Å². The zero-order valence-electron chi connectivity index (χ0n) is 12.9. The SMILES string of the molecule is CC(C1CC1)N(Cc1ccccc1)C(=O)C1(N)CCCC1. The Morgan fingerprint density at radius 1 is 1.29 bits per heavy atom. The van der Waals surface area contributed by atoms with Crippen LogP contribution in [0.1, 0.15) is 51.0 Å². The predicted octanol–water partition coefficient (Wildman–Crippen LogP) is 3.09. The van der Waals surface area contributed by atoms with E-state index < -0.39 is 5.54 Å². The molecule has 1 amide bonds. The van der Waals surface area contributed by atoms with Crippen molar-refractivity contribution >= 4 is 5.91 Å². The lowest BCUT2D eigenvalue weighted by Gasteiger charge is -2.36. The van der Waals surface area contributed by atoms with Crippen molar-refractivity contribution in [1.82, 2.24) is 4.90 Å². The second-order valence-electron chi connectivity index (χ2n) is 6.86. The van der Waals surface area contributed by atoms with Crippen LogP contribution in [0.2, 0.25) is 0 Å². The average molecular weight is 286 g/mol. The number of hydrogen-bond acceptors (Lipinski definition) is 2. The standard InChI is InChI=1S/C18H26N2O/c1-14(16-9-10-16)20(13-15-7-3-2-4-8-15)17(21)18(19)11-5-6-12-18/h2-4,7-8,14,16H,5-6,9-13,19H2,1H3. The Bertz CT molecular complexity index is 489. The Morgan fingerprint density at radius 2 is 1.90 bits per heavy atom. The second-order valence-corrected chi connectivity index (χ2v) is 6.86. The van der Waals surface area contributed by atoms with E-state index >= 15 is 0 Å². The van der Waals surface area contributed by atoms with Crippen LogP contribution in [0.5, 0.6) is 0 Å². The van der Waals surface area contributed by atoms with Crippen LogP contribution < -0.4 is 5.73 Å². The van der Waals surface area contributed by atoms with Gasteiger partial charge in [-0.25, -0.2) is 0 Å². The molecule has 0 aromatic heterocycles. The van der Waals surface area contributed by atoms with Crippen LogP contribution in [0.3, 0.4) is 0 Å². The zero-order chi connectivity index (χ0) is 14.9. The molecule has 0 radical (unpaired) electrons. The Kier molecular flexibility index (Phi) is 4.03. The first-order chi connectivity index (χ1) is 10.1. The number of hydrogen-bond donors (Lipinski definition) is 1. The van der Waals surface area contributed by atoms with Gasteiger partial charge >= 0.3 is 0 Å². The molecule has 3 rings (SSSR count). The fourth-order valence-corrected chi connectivity index (χ4v) is 3.52. The van der Waals surface area contributed by atoms with Crippen molar-refractivity contribution < 1.29 is 4.79 Å². The van der Waals surface area contributed by atoms with Crippen molar-refractivity contribution in [3.8, 4) is 0 Å². The summed E-state index contributed by atoms with van der Waals surface area (Å²) >= 11 is 0. The molecule has 2 aliphatic rings. The highest BCUT2D eigenvalue weighted by Gasteiger charge is 2.43. The minimum atomic E-state index is -0.613. The van der Waals surface area contributed by atoms with Gasteiger partial charge in [-0.15, -0.1) is 0 Å². The number of carbonyl (C=O) groups is 1. The number of amides is 1. The van der Waals surface area contributed by atoms with Gasteiger partial charge in [-0.3, -0.25) is 4.79 Å².